The third-order valence-electron chi connectivity index (χ3n) is 5.11. The number of nitrogens with zero attached hydrogens (tertiary/aromatic N) is 6. The Balaban J connectivity index is 1.44. The predicted octanol–water partition coefficient (Wildman–Crippen LogP) is 0.380. The molecule has 2 N–H and O–H groups in total. The van der Waals surface area contributed by atoms with E-state index in [1.807, 2.05) is 12.3 Å². The van der Waals surface area contributed by atoms with E-state index in [9.17, 15) is 0 Å². The Labute approximate surface area is 153 Å². The summed E-state index contributed by atoms with van der Waals surface area (Å²) in [5.74, 6) is 1.49. The molecule has 1 radical (unpaired) electrons. The van der Waals surface area contributed by atoms with E-state index in [1.165, 1.54) is 12.8 Å². The number of piperazine rings is 1. The normalized spacial score (nSPS) is 21.8. The quantitative estimate of drug-likeness (QED) is 0.697. The van der Waals surface area contributed by atoms with Crippen LogP contribution in [-0.2, 0) is 6.54 Å². The molecule has 2 fully saturated rings. The van der Waals surface area contributed by atoms with Crippen LogP contribution in [0.25, 0.3) is 0 Å². The number of aliphatic hydroxyl groups is 1. The molecule has 2 aliphatic rings. The Morgan fingerprint density at radius 2 is 2.12 bits per heavy atom. The van der Waals surface area contributed by atoms with Crippen molar-refractivity contribution in [1.82, 2.24) is 24.6 Å². The molecular formula is C17H23BN7O. The zero-order valence-electron chi connectivity index (χ0n) is 14.7. The van der Waals surface area contributed by atoms with Crippen LogP contribution in [0.15, 0.2) is 24.7 Å². The average molecular weight is 352 g/mol. The second kappa shape index (κ2) is 7.45. The van der Waals surface area contributed by atoms with Gasteiger partial charge in [0.25, 0.3) is 0 Å². The van der Waals surface area contributed by atoms with Gasteiger partial charge < -0.3 is 5.11 Å². The summed E-state index contributed by atoms with van der Waals surface area (Å²) in [5.41, 5.74) is 0.836. The molecule has 0 spiro atoms. The monoisotopic (exact) mass is 352 g/mol. The van der Waals surface area contributed by atoms with Crippen LogP contribution in [0.2, 0.25) is 0 Å². The van der Waals surface area contributed by atoms with Crippen molar-refractivity contribution in [2.75, 3.05) is 29.9 Å². The van der Waals surface area contributed by atoms with Gasteiger partial charge in [-0.25, -0.2) is 0 Å². The third kappa shape index (κ3) is 3.44. The first-order chi connectivity index (χ1) is 12.8. The number of aryl methyl sites for hydroxylation is 1. The molecule has 9 heteroatoms. The van der Waals surface area contributed by atoms with Gasteiger partial charge in [-0.3, -0.25) is 0 Å². The predicted molar refractivity (Wildman–Crippen MR) is 102 cm³/mol. The second-order valence-electron chi connectivity index (χ2n) is 6.82. The molecule has 4 heterocycles. The Hall–Kier alpha value is -2.42. The van der Waals surface area contributed by atoms with Crippen molar-refractivity contribution in [2.45, 2.75) is 37.9 Å². The summed E-state index contributed by atoms with van der Waals surface area (Å²) in [6, 6.07) is 2.89. The Bertz CT molecular complexity index is 753. The van der Waals surface area contributed by atoms with Crippen molar-refractivity contribution in [3.05, 3.63) is 24.7 Å². The zero-order valence-corrected chi connectivity index (χ0v) is 14.7. The van der Waals surface area contributed by atoms with Gasteiger partial charge in [-0.2, -0.15) is 0 Å². The number of aromatic nitrogens is 4. The SMILES string of the molecule is [B]=CN1C2CCC1CN(c1ccnc(Nc3cnn(CCCO)c3)n1)C2. The average Bonchev–Trinajstić information content (AvgIpc) is 3.20. The van der Waals surface area contributed by atoms with Crippen LogP contribution >= 0.6 is 0 Å². The van der Waals surface area contributed by atoms with Gasteiger partial charge in [-0.05, 0) is 6.42 Å². The first kappa shape index (κ1) is 17.0. The molecule has 0 amide bonds. The minimum absolute atomic E-state index is 0.158. The first-order valence-corrected chi connectivity index (χ1v) is 9.07. The molecule has 135 valence electrons. The van der Waals surface area contributed by atoms with Gasteiger partial charge in [-0.15, -0.1) is 0 Å². The first-order valence-electron chi connectivity index (χ1n) is 9.07. The molecule has 2 aliphatic heterocycles. The summed E-state index contributed by atoms with van der Waals surface area (Å²) < 4.78 is 1.79. The van der Waals surface area contributed by atoms with E-state index in [1.54, 1.807) is 23.2 Å². The van der Waals surface area contributed by atoms with Crippen LogP contribution in [0.1, 0.15) is 19.3 Å². The zero-order chi connectivity index (χ0) is 17.9. The van der Waals surface area contributed by atoms with Crippen LogP contribution < -0.4 is 10.2 Å². The minimum atomic E-state index is 0.158. The molecule has 0 aliphatic carbocycles. The molecule has 2 aromatic rings. The molecule has 0 aromatic carbocycles. The standard InChI is InChI=1S/C17H23BN7O/c18-12-25-14-2-3-15(25)11-23(10-14)16-4-5-19-17(22-16)21-13-8-20-24(9-13)6-1-7-26/h4-5,8-9,12,14-15,26H,1-3,6-7,10-11H2,(H,19,21,22). The number of aliphatic hydroxyl groups excluding tert-OH is 1. The van der Waals surface area contributed by atoms with Crippen LogP contribution in [0.4, 0.5) is 17.5 Å². The van der Waals surface area contributed by atoms with E-state index in [-0.39, 0.29) is 6.61 Å². The Kier molecular flexibility index (Phi) is 4.88. The van der Waals surface area contributed by atoms with Crippen molar-refractivity contribution < 1.29 is 5.11 Å². The van der Waals surface area contributed by atoms with Crippen LogP contribution in [-0.4, -0.2) is 75.1 Å². The number of rotatable bonds is 7. The summed E-state index contributed by atoms with van der Waals surface area (Å²) in [6.07, 6.45) is 10.2. The van der Waals surface area contributed by atoms with Crippen LogP contribution in [0.3, 0.4) is 0 Å². The van der Waals surface area contributed by atoms with Gasteiger partial charge in [-0.1, -0.05) is 0 Å². The second-order valence-corrected chi connectivity index (χ2v) is 6.82. The van der Waals surface area contributed by atoms with E-state index < -0.39 is 0 Å². The van der Waals surface area contributed by atoms with E-state index >= 15 is 0 Å². The fourth-order valence-electron chi connectivity index (χ4n) is 3.86. The maximum atomic E-state index is 8.90. The van der Waals surface area contributed by atoms with E-state index in [4.69, 9.17) is 12.6 Å². The summed E-state index contributed by atoms with van der Waals surface area (Å²) in [4.78, 5) is 13.6. The molecule has 2 aromatic heterocycles. The van der Waals surface area contributed by atoms with Gasteiger partial charge in [0.2, 0.25) is 0 Å². The third-order valence-corrected chi connectivity index (χ3v) is 5.11. The maximum absolute atomic E-state index is 8.90. The van der Waals surface area contributed by atoms with Gasteiger partial charge >= 0.3 is 129 Å². The van der Waals surface area contributed by atoms with Gasteiger partial charge in [0.15, 0.2) is 0 Å². The molecule has 8 nitrogen and oxygen atoms in total. The topological polar surface area (TPSA) is 82.3 Å². The van der Waals surface area contributed by atoms with Crippen molar-refractivity contribution in [3.63, 3.8) is 0 Å². The van der Waals surface area contributed by atoms with Gasteiger partial charge in [0.05, 0.1) is 0 Å². The van der Waals surface area contributed by atoms with Crippen LogP contribution in [0.5, 0.6) is 0 Å². The van der Waals surface area contributed by atoms with Gasteiger partial charge in [0.1, 0.15) is 0 Å². The fourth-order valence-corrected chi connectivity index (χ4v) is 3.86. The van der Waals surface area contributed by atoms with E-state index in [0.29, 0.717) is 31.0 Å². The Morgan fingerprint density at radius 3 is 2.85 bits per heavy atom. The van der Waals surface area contributed by atoms with Crippen molar-refractivity contribution >= 4 is 31.0 Å². The molecule has 2 unspecified atom stereocenters. The van der Waals surface area contributed by atoms with Crippen molar-refractivity contribution in [2.24, 2.45) is 0 Å². The molecule has 2 bridgehead atoms. The molecular weight excluding hydrogens is 329 g/mol. The van der Waals surface area contributed by atoms with Gasteiger partial charge in [0, 0.05) is 13.2 Å². The molecule has 0 saturated carbocycles. The van der Waals surface area contributed by atoms with E-state index in [2.05, 4.69) is 30.2 Å². The van der Waals surface area contributed by atoms with Crippen molar-refractivity contribution in [3.8, 4) is 0 Å². The number of nitrogens with one attached hydrogen (secondary N) is 1. The van der Waals surface area contributed by atoms with E-state index in [0.717, 1.165) is 24.6 Å². The summed E-state index contributed by atoms with van der Waals surface area (Å²) >= 11 is 0. The van der Waals surface area contributed by atoms with Crippen molar-refractivity contribution in [1.29, 1.82) is 0 Å². The molecule has 4 rings (SSSR count). The van der Waals surface area contributed by atoms with Crippen LogP contribution in [0, 0.1) is 0 Å². The Morgan fingerprint density at radius 1 is 1.31 bits per heavy atom. The number of fused-ring (bicyclic) bond motifs is 2. The fraction of sp³-hybridized carbons (Fsp3) is 0.529. The molecule has 26 heavy (non-hydrogen) atoms. The molecule has 2 saturated heterocycles. The molecule has 2 atom stereocenters. The number of hydrogen-bond acceptors (Lipinski definition) is 7. The number of hydrogen-bond donors (Lipinski definition) is 2. The number of anilines is 3. The summed E-state index contributed by atoms with van der Waals surface area (Å²) in [6.45, 7) is 2.70. The summed E-state index contributed by atoms with van der Waals surface area (Å²) in [7, 11) is 5.78. The summed E-state index contributed by atoms with van der Waals surface area (Å²) in [5, 5.41) is 16.4.